The highest BCUT2D eigenvalue weighted by Gasteiger charge is 2.19. The summed E-state index contributed by atoms with van der Waals surface area (Å²) in [5.41, 5.74) is 1.75. The number of nitrogens with zero attached hydrogens (tertiary/aromatic N) is 2. The fraction of sp³-hybridized carbons (Fsp3) is 0.158. The fourth-order valence-electron chi connectivity index (χ4n) is 3.15. The molecule has 1 aliphatic heterocycles. The fourth-order valence-corrected chi connectivity index (χ4v) is 5.30. The minimum absolute atomic E-state index is 0.0592. The highest BCUT2D eigenvalue weighted by Crippen LogP contribution is 2.40. The topological polar surface area (TPSA) is 53.4 Å². The van der Waals surface area contributed by atoms with Gasteiger partial charge in [-0.05, 0) is 36.8 Å². The van der Waals surface area contributed by atoms with Crippen molar-refractivity contribution in [1.29, 1.82) is 0 Å². The average Bonchev–Trinajstić information content (AvgIpc) is 3.36. The zero-order valence-electron chi connectivity index (χ0n) is 14.2. The van der Waals surface area contributed by atoms with Crippen LogP contribution in [0, 0.1) is 6.92 Å². The molecule has 27 heavy (non-hydrogen) atoms. The normalized spacial score (nSPS) is 12.8. The minimum atomic E-state index is -0.0592. The first-order valence-corrected chi connectivity index (χ1v) is 10.3. The van der Waals surface area contributed by atoms with E-state index in [1.807, 2.05) is 11.4 Å². The molecule has 4 aromatic rings. The Labute approximate surface area is 167 Å². The van der Waals surface area contributed by atoms with E-state index in [1.54, 1.807) is 28.3 Å². The second-order valence-electron chi connectivity index (χ2n) is 6.23. The quantitative estimate of drug-likeness (QED) is 0.475. The van der Waals surface area contributed by atoms with Gasteiger partial charge in [0, 0.05) is 20.7 Å². The summed E-state index contributed by atoms with van der Waals surface area (Å²) >= 11 is 9.43. The number of halogens is 1. The van der Waals surface area contributed by atoms with Crippen molar-refractivity contribution in [2.45, 2.75) is 13.5 Å². The zero-order chi connectivity index (χ0) is 18.5. The van der Waals surface area contributed by atoms with Crippen LogP contribution in [-0.2, 0) is 6.54 Å². The predicted octanol–water partition coefficient (Wildman–Crippen LogP) is 4.93. The maximum absolute atomic E-state index is 13.2. The molecule has 1 aromatic carbocycles. The molecule has 5 nitrogen and oxygen atoms in total. The van der Waals surface area contributed by atoms with Gasteiger partial charge < -0.3 is 9.47 Å². The number of aromatic nitrogens is 2. The molecular formula is C19H13ClN2O3S2. The maximum atomic E-state index is 13.2. The van der Waals surface area contributed by atoms with Gasteiger partial charge in [0.05, 0.1) is 23.3 Å². The highest BCUT2D eigenvalue weighted by atomic mass is 35.5. The van der Waals surface area contributed by atoms with Crippen molar-refractivity contribution in [2.75, 3.05) is 6.79 Å². The second-order valence-corrected chi connectivity index (χ2v) is 8.78. The molecule has 5 rings (SSSR count). The molecular weight excluding hydrogens is 404 g/mol. The zero-order valence-corrected chi connectivity index (χ0v) is 16.6. The molecule has 8 heteroatoms. The molecule has 0 amide bonds. The van der Waals surface area contributed by atoms with Crippen LogP contribution in [0.5, 0.6) is 11.5 Å². The third-order valence-corrected chi connectivity index (χ3v) is 6.61. The Kier molecular flexibility index (Phi) is 3.96. The molecule has 0 unspecified atom stereocenters. The van der Waals surface area contributed by atoms with Gasteiger partial charge >= 0.3 is 0 Å². The van der Waals surface area contributed by atoms with E-state index in [1.165, 1.54) is 16.2 Å². The Hall–Kier alpha value is -2.35. The van der Waals surface area contributed by atoms with E-state index < -0.39 is 0 Å². The molecule has 0 aliphatic carbocycles. The number of hydrogen-bond donors (Lipinski definition) is 0. The summed E-state index contributed by atoms with van der Waals surface area (Å²) in [5.74, 6) is 1.15. The summed E-state index contributed by atoms with van der Waals surface area (Å²) in [6.45, 7) is 2.57. The SMILES string of the molecule is Cc1ccc(-c2csc3ncn(Cc4cc(Cl)c5c(c4)OCO5)c(=O)c23)s1. The van der Waals surface area contributed by atoms with Gasteiger partial charge in [0.1, 0.15) is 4.83 Å². The molecule has 3 aromatic heterocycles. The lowest BCUT2D eigenvalue weighted by Crippen LogP contribution is -2.20. The lowest BCUT2D eigenvalue weighted by atomic mass is 10.2. The molecule has 0 spiro atoms. The summed E-state index contributed by atoms with van der Waals surface area (Å²) in [6, 6.07) is 7.76. The first-order chi connectivity index (χ1) is 13.1. The highest BCUT2D eigenvalue weighted by molar-refractivity contribution is 7.19. The monoisotopic (exact) mass is 416 g/mol. The summed E-state index contributed by atoms with van der Waals surface area (Å²) in [5, 5.41) is 3.15. The van der Waals surface area contributed by atoms with E-state index in [0.29, 0.717) is 28.5 Å². The third kappa shape index (κ3) is 2.82. The molecule has 136 valence electrons. The van der Waals surface area contributed by atoms with Crippen molar-refractivity contribution in [1.82, 2.24) is 9.55 Å². The summed E-state index contributed by atoms with van der Waals surface area (Å²) in [6.07, 6.45) is 1.59. The first kappa shape index (κ1) is 16.8. The molecule has 0 bridgehead atoms. The lowest BCUT2D eigenvalue weighted by molar-refractivity contribution is 0.174. The molecule has 0 saturated heterocycles. The van der Waals surface area contributed by atoms with Crippen molar-refractivity contribution >= 4 is 44.5 Å². The van der Waals surface area contributed by atoms with E-state index >= 15 is 0 Å². The smallest absolute Gasteiger partial charge is 0.263 e. The van der Waals surface area contributed by atoms with E-state index in [2.05, 4.69) is 24.0 Å². The number of benzene rings is 1. The maximum Gasteiger partial charge on any atom is 0.263 e. The van der Waals surface area contributed by atoms with Crippen LogP contribution in [0.15, 0.2) is 40.8 Å². The number of aryl methyl sites for hydroxylation is 1. The van der Waals surface area contributed by atoms with Crippen LogP contribution in [0.3, 0.4) is 0 Å². The Bertz CT molecular complexity index is 1240. The molecule has 1 aliphatic rings. The Balaban J connectivity index is 1.60. The number of thiophene rings is 2. The largest absolute Gasteiger partial charge is 0.454 e. The van der Waals surface area contributed by atoms with E-state index in [-0.39, 0.29) is 12.4 Å². The van der Waals surface area contributed by atoms with Crippen LogP contribution in [-0.4, -0.2) is 16.3 Å². The number of fused-ring (bicyclic) bond motifs is 2. The van der Waals surface area contributed by atoms with Crippen molar-refractivity contribution in [2.24, 2.45) is 0 Å². The van der Waals surface area contributed by atoms with Gasteiger partial charge in [-0.15, -0.1) is 22.7 Å². The average molecular weight is 417 g/mol. The van der Waals surface area contributed by atoms with E-state index in [4.69, 9.17) is 21.1 Å². The number of rotatable bonds is 3. The van der Waals surface area contributed by atoms with Crippen molar-refractivity contribution in [3.63, 3.8) is 0 Å². The first-order valence-electron chi connectivity index (χ1n) is 8.21. The second kappa shape index (κ2) is 6.37. The van der Waals surface area contributed by atoms with Gasteiger partial charge in [-0.3, -0.25) is 9.36 Å². The van der Waals surface area contributed by atoms with Gasteiger partial charge in [-0.25, -0.2) is 4.98 Å². The molecule has 0 fully saturated rings. The minimum Gasteiger partial charge on any atom is -0.454 e. The van der Waals surface area contributed by atoms with Gasteiger partial charge in [0.25, 0.3) is 5.56 Å². The molecule has 4 heterocycles. The summed E-state index contributed by atoms with van der Waals surface area (Å²) in [4.78, 5) is 20.7. The summed E-state index contributed by atoms with van der Waals surface area (Å²) in [7, 11) is 0. The number of ether oxygens (including phenoxy) is 2. The van der Waals surface area contributed by atoms with Crippen LogP contribution in [0.2, 0.25) is 5.02 Å². The van der Waals surface area contributed by atoms with Crippen LogP contribution in [0.25, 0.3) is 20.7 Å². The predicted molar refractivity (Wildman–Crippen MR) is 109 cm³/mol. The van der Waals surface area contributed by atoms with Crippen LogP contribution < -0.4 is 15.0 Å². The lowest BCUT2D eigenvalue weighted by Gasteiger charge is -2.08. The standard InChI is InChI=1S/C19H13ClN2O3S2/c1-10-2-3-15(27-10)12-7-26-18-16(12)19(23)22(8-21-18)6-11-4-13(20)17-14(5-11)24-9-25-17/h2-5,7-8H,6,9H2,1H3. The number of hydrogen-bond acceptors (Lipinski definition) is 6. The molecule has 0 radical (unpaired) electrons. The van der Waals surface area contributed by atoms with Gasteiger partial charge in [0.15, 0.2) is 11.5 Å². The van der Waals surface area contributed by atoms with Gasteiger partial charge in [-0.2, -0.15) is 0 Å². The Morgan fingerprint density at radius 1 is 1.30 bits per heavy atom. The third-order valence-electron chi connectivity index (χ3n) is 4.41. The molecule has 0 atom stereocenters. The van der Waals surface area contributed by atoms with Gasteiger partial charge in [-0.1, -0.05) is 11.6 Å². The van der Waals surface area contributed by atoms with Gasteiger partial charge in [0.2, 0.25) is 6.79 Å². The van der Waals surface area contributed by atoms with Crippen LogP contribution in [0.1, 0.15) is 10.4 Å². The van der Waals surface area contributed by atoms with Crippen molar-refractivity contribution in [3.8, 4) is 21.9 Å². The molecule has 0 saturated carbocycles. The Morgan fingerprint density at radius 3 is 3.00 bits per heavy atom. The van der Waals surface area contributed by atoms with E-state index in [0.717, 1.165) is 20.8 Å². The summed E-state index contributed by atoms with van der Waals surface area (Å²) < 4.78 is 12.4. The van der Waals surface area contributed by atoms with E-state index in [9.17, 15) is 4.79 Å². The van der Waals surface area contributed by atoms with Crippen molar-refractivity contribution < 1.29 is 9.47 Å². The van der Waals surface area contributed by atoms with Crippen LogP contribution in [0.4, 0.5) is 0 Å². The van der Waals surface area contributed by atoms with Crippen molar-refractivity contribution in [3.05, 3.63) is 61.8 Å². The van der Waals surface area contributed by atoms with Crippen LogP contribution >= 0.6 is 34.3 Å². The Morgan fingerprint density at radius 2 is 2.19 bits per heavy atom. The molecule has 0 N–H and O–H groups in total.